The molecule has 1 rings (SSSR count). The molecule has 0 saturated heterocycles. The summed E-state index contributed by atoms with van der Waals surface area (Å²) in [5, 5.41) is -0.555. The summed E-state index contributed by atoms with van der Waals surface area (Å²) in [6, 6.07) is 5.71. The van der Waals surface area contributed by atoms with Crippen LogP contribution in [0, 0.1) is 0 Å². The van der Waals surface area contributed by atoms with Gasteiger partial charge in [-0.05, 0) is 30.4 Å². The first-order chi connectivity index (χ1) is 7.10. The van der Waals surface area contributed by atoms with Crippen LogP contribution in [-0.4, -0.2) is 12.0 Å². The van der Waals surface area contributed by atoms with E-state index in [2.05, 4.69) is 0 Å². The van der Waals surface area contributed by atoms with E-state index in [1.807, 2.05) is 24.5 Å². The fraction of sp³-hybridized carbons (Fsp3) is 0.364. The van der Waals surface area contributed by atoms with Crippen molar-refractivity contribution in [3.05, 3.63) is 29.3 Å². The maximum atomic E-state index is 11.1. The van der Waals surface area contributed by atoms with E-state index >= 15 is 0 Å². The number of alkyl halides is 2. The predicted molar refractivity (Wildman–Crippen MR) is 67.1 cm³/mol. The summed E-state index contributed by atoms with van der Waals surface area (Å²) in [4.78, 5) is 12.2. The molecule has 1 atom stereocenters. The summed E-state index contributed by atoms with van der Waals surface area (Å²) in [7, 11) is 0. The molecule has 82 valence electrons. The van der Waals surface area contributed by atoms with Gasteiger partial charge in [-0.1, -0.05) is 12.1 Å². The lowest BCUT2D eigenvalue weighted by molar-refractivity contribution is -0.116. The first-order valence-electron chi connectivity index (χ1n) is 4.47. The second-order valence-corrected chi connectivity index (χ2v) is 4.73. The molecule has 0 amide bonds. The lowest BCUT2D eigenvalue weighted by atomic mass is 10.1. The molecule has 0 aliphatic carbocycles. The van der Waals surface area contributed by atoms with Crippen LogP contribution in [0.25, 0.3) is 0 Å². The van der Waals surface area contributed by atoms with Crippen molar-refractivity contribution in [3.63, 3.8) is 0 Å². The Hall–Kier alpha value is -0.180. The SMILES string of the molecule is CSc1cc(C(Cl)C(C)=O)ccc1CCl. The van der Waals surface area contributed by atoms with Crippen LogP contribution in [0.15, 0.2) is 23.1 Å². The van der Waals surface area contributed by atoms with Crippen LogP contribution in [0.1, 0.15) is 23.4 Å². The Morgan fingerprint density at radius 1 is 1.53 bits per heavy atom. The van der Waals surface area contributed by atoms with Gasteiger partial charge in [0.2, 0.25) is 0 Å². The van der Waals surface area contributed by atoms with Crippen molar-refractivity contribution >= 4 is 40.7 Å². The number of thioether (sulfide) groups is 1. The summed E-state index contributed by atoms with van der Waals surface area (Å²) < 4.78 is 0. The predicted octanol–water partition coefficient (Wildman–Crippen LogP) is 4.02. The average Bonchev–Trinajstić information content (AvgIpc) is 2.26. The Morgan fingerprint density at radius 3 is 2.67 bits per heavy atom. The molecule has 15 heavy (non-hydrogen) atoms. The lowest BCUT2D eigenvalue weighted by Gasteiger charge is -2.10. The van der Waals surface area contributed by atoms with Crippen molar-refractivity contribution in [1.82, 2.24) is 0 Å². The Bertz CT molecular complexity index is 366. The van der Waals surface area contributed by atoms with E-state index < -0.39 is 5.38 Å². The first kappa shape index (κ1) is 12.9. The van der Waals surface area contributed by atoms with Gasteiger partial charge < -0.3 is 0 Å². The minimum Gasteiger partial charge on any atom is -0.298 e. The minimum absolute atomic E-state index is 0.0395. The van der Waals surface area contributed by atoms with Crippen molar-refractivity contribution in [2.45, 2.75) is 23.1 Å². The van der Waals surface area contributed by atoms with Crippen LogP contribution in [0.5, 0.6) is 0 Å². The van der Waals surface area contributed by atoms with Gasteiger partial charge in [0.1, 0.15) is 5.38 Å². The number of carbonyl (C=O) groups is 1. The molecule has 1 unspecified atom stereocenters. The van der Waals surface area contributed by atoms with Gasteiger partial charge in [-0.15, -0.1) is 35.0 Å². The Kier molecular flexibility index (Phi) is 4.97. The largest absolute Gasteiger partial charge is 0.298 e. The van der Waals surface area contributed by atoms with Gasteiger partial charge >= 0.3 is 0 Å². The van der Waals surface area contributed by atoms with Gasteiger partial charge in [-0.3, -0.25) is 4.79 Å². The summed E-state index contributed by atoms with van der Waals surface area (Å²) in [6.07, 6.45) is 1.98. The van der Waals surface area contributed by atoms with Crippen molar-refractivity contribution in [1.29, 1.82) is 0 Å². The molecule has 1 aromatic rings. The van der Waals surface area contributed by atoms with Gasteiger partial charge in [0.25, 0.3) is 0 Å². The third-order valence-electron chi connectivity index (χ3n) is 2.10. The molecular weight excluding hydrogens is 251 g/mol. The minimum atomic E-state index is -0.555. The molecule has 0 aliphatic rings. The van der Waals surface area contributed by atoms with E-state index in [0.717, 1.165) is 16.0 Å². The Labute approximate surface area is 104 Å². The number of hydrogen-bond acceptors (Lipinski definition) is 2. The standard InChI is InChI=1S/C11H12Cl2OS/c1-7(14)11(13)8-3-4-9(6-12)10(5-8)15-2/h3-5,11H,6H2,1-2H3. The fourth-order valence-electron chi connectivity index (χ4n) is 1.26. The molecule has 4 heteroatoms. The van der Waals surface area contributed by atoms with Crippen LogP contribution in [-0.2, 0) is 10.7 Å². The number of hydrogen-bond donors (Lipinski definition) is 0. The third kappa shape index (κ3) is 3.13. The molecule has 0 spiro atoms. The summed E-state index contributed by atoms with van der Waals surface area (Å²) >= 11 is 13.4. The van der Waals surface area contributed by atoms with Crippen LogP contribution in [0.4, 0.5) is 0 Å². The number of Topliss-reactive ketones (excluding diaryl/α,β-unsaturated/α-hetero) is 1. The van der Waals surface area contributed by atoms with Crippen molar-refractivity contribution in [2.24, 2.45) is 0 Å². The van der Waals surface area contributed by atoms with Gasteiger partial charge in [0.05, 0.1) is 0 Å². The zero-order chi connectivity index (χ0) is 11.4. The lowest BCUT2D eigenvalue weighted by Crippen LogP contribution is -2.02. The highest BCUT2D eigenvalue weighted by Crippen LogP contribution is 2.29. The highest BCUT2D eigenvalue weighted by molar-refractivity contribution is 7.98. The Balaban J connectivity index is 3.07. The average molecular weight is 263 g/mol. The van der Waals surface area contributed by atoms with Crippen LogP contribution >= 0.6 is 35.0 Å². The molecule has 0 fully saturated rings. The second-order valence-electron chi connectivity index (χ2n) is 3.18. The molecular formula is C11H12Cl2OS. The topological polar surface area (TPSA) is 17.1 Å². The van der Waals surface area contributed by atoms with Crippen molar-refractivity contribution in [2.75, 3.05) is 6.26 Å². The number of halogens is 2. The normalized spacial score (nSPS) is 12.5. The zero-order valence-corrected chi connectivity index (χ0v) is 10.9. The molecule has 0 N–H and O–H groups in total. The smallest absolute Gasteiger partial charge is 0.152 e. The van der Waals surface area contributed by atoms with Gasteiger partial charge in [-0.2, -0.15) is 0 Å². The van der Waals surface area contributed by atoms with Gasteiger partial charge in [0.15, 0.2) is 5.78 Å². The molecule has 0 aliphatic heterocycles. The van der Waals surface area contributed by atoms with E-state index in [-0.39, 0.29) is 5.78 Å². The quantitative estimate of drug-likeness (QED) is 0.603. The van der Waals surface area contributed by atoms with Crippen molar-refractivity contribution < 1.29 is 4.79 Å². The summed E-state index contributed by atoms with van der Waals surface area (Å²) in [6.45, 7) is 1.49. The van der Waals surface area contributed by atoms with E-state index in [1.165, 1.54) is 6.92 Å². The zero-order valence-electron chi connectivity index (χ0n) is 8.59. The summed E-state index contributed by atoms with van der Waals surface area (Å²) in [5.41, 5.74) is 1.91. The number of benzene rings is 1. The third-order valence-corrected chi connectivity index (χ3v) is 3.77. The molecule has 0 bridgehead atoms. The fourth-order valence-corrected chi connectivity index (χ4v) is 2.37. The highest BCUT2D eigenvalue weighted by Gasteiger charge is 2.14. The van der Waals surface area contributed by atoms with Crippen LogP contribution in [0.3, 0.4) is 0 Å². The van der Waals surface area contributed by atoms with Crippen LogP contribution < -0.4 is 0 Å². The number of rotatable bonds is 4. The van der Waals surface area contributed by atoms with Gasteiger partial charge in [-0.25, -0.2) is 0 Å². The molecule has 0 heterocycles. The van der Waals surface area contributed by atoms with Gasteiger partial charge in [0, 0.05) is 10.8 Å². The molecule has 0 saturated carbocycles. The van der Waals surface area contributed by atoms with E-state index in [1.54, 1.807) is 11.8 Å². The molecule has 0 radical (unpaired) electrons. The summed E-state index contributed by atoms with van der Waals surface area (Å²) in [5.74, 6) is 0.436. The second kappa shape index (κ2) is 5.78. The number of ketones is 1. The van der Waals surface area contributed by atoms with Crippen LogP contribution in [0.2, 0.25) is 0 Å². The van der Waals surface area contributed by atoms with Crippen molar-refractivity contribution in [3.8, 4) is 0 Å². The molecule has 1 nitrogen and oxygen atoms in total. The van der Waals surface area contributed by atoms with E-state index in [4.69, 9.17) is 23.2 Å². The highest BCUT2D eigenvalue weighted by atomic mass is 35.5. The molecule has 1 aromatic carbocycles. The maximum absolute atomic E-state index is 11.1. The maximum Gasteiger partial charge on any atom is 0.152 e. The Morgan fingerprint density at radius 2 is 2.20 bits per heavy atom. The van der Waals surface area contributed by atoms with E-state index in [9.17, 15) is 4.79 Å². The first-order valence-corrected chi connectivity index (χ1v) is 6.67. The van der Waals surface area contributed by atoms with E-state index in [0.29, 0.717) is 5.88 Å². The molecule has 0 aromatic heterocycles. The monoisotopic (exact) mass is 262 g/mol. The number of carbonyl (C=O) groups excluding carboxylic acids is 1.